The zero-order valence-corrected chi connectivity index (χ0v) is 21.7. The maximum atomic E-state index is 11.4. The van der Waals surface area contributed by atoms with Crippen LogP contribution in [0, 0.1) is 0 Å². The van der Waals surface area contributed by atoms with Crippen LogP contribution in [0.1, 0.15) is 44.7 Å². The number of rotatable bonds is 10. The Morgan fingerprint density at radius 3 is 2.53 bits per heavy atom. The van der Waals surface area contributed by atoms with Gasteiger partial charge in [-0.3, -0.25) is 9.89 Å². The number of guanidine groups is 1. The number of benzene rings is 1. The van der Waals surface area contributed by atoms with Crippen molar-refractivity contribution in [2.45, 2.75) is 45.2 Å². The Labute approximate surface area is 199 Å². The van der Waals surface area contributed by atoms with Crippen LogP contribution in [0.5, 0.6) is 5.75 Å². The van der Waals surface area contributed by atoms with Gasteiger partial charge in [0.2, 0.25) is 0 Å². The second-order valence-corrected chi connectivity index (χ2v) is 9.94. The Morgan fingerprint density at radius 2 is 1.93 bits per heavy atom. The zero-order chi connectivity index (χ0) is 21.3. The maximum absolute atomic E-state index is 11.4. The fourth-order valence-corrected chi connectivity index (χ4v) is 4.38. The smallest absolute Gasteiger partial charge is 0.191 e. The van der Waals surface area contributed by atoms with Crippen molar-refractivity contribution < 1.29 is 13.2 Å². The summed E-state index contributed by atoms with van der Waals surface area (Å²) in [6.07, 6.45) is 4.23. The van der Waals surface area contributed by atoms with Gasteiger partial charge >= 0.3 is 0 Å². The summed E-state index contributed by atoms with van der Waals surface area (Å²) in [7, 11) is -1.26. The second kappa shape index (κ2) is 13.4. The quantitative estimate of drug-likeness (QED) is 0.264. The molecule has 7 nitrogen and oxygen atoms in total. The highest BCUT2D eigenvalue weighted by Crippen LogP contribution is 2.31. The summed E-state index contributed by atoms with van der Waals surface area (Å²) in [6.45, 7) is 7.48. The topological polar surface area (TPSA) is 83.0 Å². The van der Waals surface area contributed by atoms with E-state index in [4.69, 9.17) is 9.73 Å². The summed E-state index contributed by atoms with van der Waals surface area (Å²) in [4.78, 5) is 7.31. The predicted octanol–water partition coefficient (Wildman–Crippen LogP) is 2.83. The molecule has 1 saturated heterocycles. The lowest BCUT2D eigenvalue weighted by atomic mass is 10.0. The fraction of sp³-hybridized carbons (Fsp3) is 0.667. The normalized spacial score (nSPS) is 17.1. The van der Waals surface area contributed by atoms with Crippen molar-refractivity contribution in [2.75, 3.05) is 45.3 Å². The van der Waals surface area contributed by atoms with E-state index in [0.29, 0.717) is 18.9 Å². The van der Waals surface area contributed by atoms with Gasteiger partial charge in [-0.25, -0.2) is 8.42 Å². The van der Waals surface area contributed by atoms with Gasteiger partial charge in [-0.2, -0.15) is 0 Å². The molecule has 2 rings (SSSR count). The number of aliphatic imine (C=N–C) groups is 1. The van der Waals surface area contributed by atoms with E-state index in [9.17, 15) is 8.42 Å². The lowest BCUT2D eigenvalue weighted by Crippen LogP contribution is -2.43. The largest absolute Gasteiger partial charge is 0.496 e. The van der Waals surface area contributed by atoms with E-state index in [1.54, 1.807) is 7.11 Å². The Bertz CT molecular complexity index is 767. The van der Waals surface area contributed by atoms with Crippen LogP contribution >= 0.6 is 24.0 Å². The Morgan fingerprint density at radius 1 is 1.27 bits per heavy atom. The highest BCUT2D eigenvalue weighted by Gasteiger charge is 2.25. The highest BCUT2D eigenvalue weighted by molar-refractivity contribution is 14.0. The molecule has 1 aromatic carbocycles. The first kappa shape index (κ1) is 27.0. The molecule has 1 aliphatic rings. The molecule has 0 radical (unpaired) electrons. The number of halogens is 1. The first-order chi connectivity index (χ1) is 13.8. The maximum Gasteiger partial charge on any atom is 0.191 e. The van der Waals surface area contributed by atoms with Crippen molar-refractivity contribution in [1.82, 2.24) is 15.5 Å². The van der Waals surface area contributed by atoms with Crippen LogP contribution in [-0.4, -0.2) is 70.6 Å². The van der Waals surface area contributed by atoms with Crippen molar-refractivity contribution >= 4 is 39.8 Å². The number of sulfone groups is 1. The number of para-hydroxylation sites is 1. The molecule has 1 aliphatic heterocycles. The van der Waals surface area contributed by atoms with Crippen LogP contribution in [0.3, 0.4) is 0 Å². The number of hydrogen-bond donors (Lipinski definition) is 2. The van der Waals surface area contributed by atoms with Gasteiger partial charge in [0, 0.05) is 24.4 Å². The molecule has 1 fully saturated rings. The minimum absolute atomic E-state index is 0. The van der Waals surface area contributed by atoms with E-state index in [-0.39, 0.29) is 41.8 Å². The van der Waals surface area contributed by atoms with E-state index < -0.39 is 9.84 Å². The average molecular weight is 553 g/mol. The van der Waals surface area contributed by atoms with Crippen molar-refractivity contribution in [2.24, 2.45) is 4.99 Å². The molecule has 0 aromatic heterocycles. The first-order valence-corrected chi connectivity index (χ1v) is 12.5. The molecule has 30 heavy (non-hydrogen) atoms. The molecule has 2 unspecified atom stereocenters. The molecule has 0 aliphatic carbocycles. The molecule has 1 heterocycles. The number of likely N-dealkylation sites (tertiary alicyclic amines) is 1. The van der Waals surface area contributed by atoms with Crippen molar-refractivity contribution in [3.05, 3.63) is 29.8 Å². The fourth-order valence-electron chi connectivity index (χ4n) is 3.60. The van der Waals surface area contributed by atoms with Gasteiger partial charge in [0.15, 0.2) is 5.96 Å². The van der Waals surface area contributed by atoms with Gasteiger partial charge in [-0.05, 0) is 52.3 Å². The summed E-state index contributed by atoms with van der Waals surface area (Å²) < 4.78 is 28.5. The van der Waals surface area contributed by atoms with Crippen LogP contribution in [0.25, 0.3) is 0 Å². The van der Waals surface area contributed by atoms with E-state index in [0.717, 1.165) is 30.9 Å². The van der Waals surface area contributed by atoms with Gasteiger partial charge in [0.05, 0.1) is 25.4 Å². The lowest BCUT2D eigenvalue weighted by Gasteiger charge is -2.28. The van der Waals surface area contributed by atoms with Crippen molar-refractivity contribution in [3.63, 3.8) is 0 Å². The number of nitrogens with zero attached hydrogens (tertiary/aromatic N) is 2. The zero-order valence-electron chi connectivity index (χ0n) is 18.6. The second-order valence-electron chi connectivity index (χ2n) is 7.68. The van der Waals surface area contributed by atoms with E-state index in [1.165, 1.54) is 19.1 Å². The molecule has 0 spiro atoms. The van der Waals surface area contributed by atoms with Crippen LogP contribution in [0.15, 0.2) is 29.3 Å². The molecule has 2 N–H and O–H groups in total. The number of nitrogens with one attached hydrogen (secondary N) is 2. The van der Waals surface area contributed by atoms with E-state index >= 15 is 0 Å². The molecular formula is C21H37IN4O3S. The monoisotopic (exact) mass is 552 g/mol. The summed E-state index contributed by atoms with van der Waals surface area (Å²) >= 11 is 0. The molecule has 0 bridgehead atoms. The third-order valence-electron chi connectivity index (χ3n) is 5.15. The van der Waals surface area contributed by atoms with Gasteiger partial charge in [-0.15, -0.1) is 24.0 Å². The third-order valence-corrected chi connectivity index (χ3v) is 6.13. The van der Waals surface area contributed by atoms with Crippen molar-refractivity contribution in [3.8, 4) is 5.75 Å². The van der Waals surface area contributed by atoms with Gasteiger partial charge < -0.3 is 15.4 Å². The summed E-state index contributed by atoms with van der Waals surface area (Å²) in [6, 6.07) is 8.31. The highest BCUT2D eigenvalue weighted by atomic mass is 127. The first-order valence-electron chi connectivity index (χ1n) is 10.4. The van der Waals surface area contributed by atoms with E-state index in [2.05, 4.69) is 21.6 Å². The Balaban J connectivity index is 0.00000450. The summed E-state index contributed by atoms with van der Waals surface area (Å²) in [5.74, 6) is 1.77. The molecule has 172 valence electrons. The summed E-state index contributed by atoms with van der Waals surface area (Å²) in [5, 5.41) is 6.62. The third kappa shape index (κ3) is 8.97. The average Bonchev–Trinajstić information content (AvgIpc) is 3.21. The number of ether oxygens (including phenoxy) is 1. The predicted molar refractivity (Wildman–Crippen MR) is 135 cm³/mol. The lowest BCUT2D eigenvalue weighted by molar-refractivity contribution is 0.245. The Hall–Kier alpha value is -1.07. The molecule has 0 saturated carbocycles. The van der Waals surface area contributed by atoms with Gasteiger partial charge in [0.1, 0.15) is 15.6 Å². The van der Waals surface area contributed by atoms with Gasteiger partial charge in [0.25, 0.3) is 0 Å². The Kier molecular flexibility index (Phi) is 12.0. The van der Waals surface area contributed by atoms with Gasteiger partial charge in [-0.1, -0.05) is 18.2 Å². The minimum Gasteiger partial charge on any atom is -0.496 e. The minimum atomic E-state index is -2.97. The van der Waals surface area contributed by atoms with Crippen LogP contribution in [0.4, 0.5) is 0 Å². The van der Waals surface area contributed by atoms with Crippen LogP contribution in [-0.2, 0) is 9.84 Å². The SMILES string of the molecule is CCNC(=NCC(c1ccccc1OC)N1CCCC1)NC(C)CCS(C)(=O)=O.I. The molecule has 0 amide bonds. The van der Waals surface area contributed by atoms with E-state index in [1.807, 2.05) is 32.0 Å². The standard InChI is InChI=1S/C21H36N4O3S.HI/c1-5-22-21(24-17(2)12-15-29(4,26)27)23-16-19(25-13-8-9-14-25)18-10-6-7-11-20(18)28-3;/h6-7,10-11,17,19H,5,8-9,12-16H2,1-4H3,(H2,22,23,24);1H. The number of hydrogen-bond acceptors (Lipinski definition) is 5. The molecule has 1 aromatic rings. The molecule has 9 heteroatoms. The molecule has 2 atom stereocenters. The molecular weight excluding hydrogens is 515 g/mol. The van der Waals surface area contributed by atoms with Crippen LogP contribution < -0.4 is 15.4 Å². The van der Waals surface area contributed by atoms with Crippen LogP contribution in [0.2, 0.25) is 0 Å². The van der Waals surface area contributed by atoms with Crippen molar-refractivity contribution in [1.29, 1.82) is 0 Å². The summed E-state index contributed by atoms with van der Waals surface area (Å²) in [5.41, 5.74) is 1.15. The number of methoxy groups -OCH3 is 1.